The van der Waals surface area contributed by atoms with Gasteiger partial charge >= 0.3 is 0 Å². The highest BCUT2D eigenvalue weighted by Crippen LogP contribution is 2.34. The maximum absolute atomic E-state index is 14.3. The number of rotatable bonds is 2. The van der Waals surface area contributed by atoms with Gasteiger partial charge in [-0.25, -0.2) is 8.78 Å². The number of nitrogens with two attached hydrogens (primary N) is 1. The van der Waals surface area contributed by atoms with Gasteiger partial charge in [-0.1, -0.05) is 26.1 Å². The van der Waals surface area contributed by atoms with Gasteiger partial charge in [-0.15, -0.1) is 0 Å². The second kappa shape index (κ2) is 5.64. The van der Waals surface area contributed by atoms with E-state index in [1.54, 1.807) is 0 Å². The molecular weight excluding hydrogens is 278 g/mol. The molecule has 0 aromatic heterocycles. The quantitative estimate of drug-likeness (QED) is 0.848. The van der Waals surface area contributed by atoms with Crippen LogP contribution in [0, 0.1) is 23.5 Å². The second-order valence-electron chi connectivity index (χ2n) is 5.86. The third-order valence-electron chi connectivity index (χ3n) is 4.19. The van der Waals surface area contributed by atoms with Gasteiger partial charge in [0, 0.05) is 18.2 Å². The van der Waals surface area contributed by atoms with Crippen LogP contribution in [-0.2, 0) is 0 Å². The largest absolute Gasteiger partial charge is 0.389 e. The highest BCUT2D eigenvalue weighted by atomic mass is 32.1. The highest BCUT2D eigenvalue weighted by molar-refractivity contribution is 7.80. The van der Waals surface area contributed by atoms with Gasteiger partial charge < -0.3 is 10.6 Å². The van der Waals surface area contributed by atoms with Crippen LogP contribution in [0.2, 0.25) is 0 Å². The molecule has 0 aliphatic carbocycles. The number of halogens is 2. The summed E-state index contributed by atoms with van der Waals surface area (Å²) in [5, 5.41) is 0. The van der Waals surface area contributed by atoms with E-state index >= 15 is 0 Å². The fourth-order valence-electron chi connectivity index (χ4n) is 2.99. The molecule has 20 heavy (non-hydrogen) atoms. The average Bonchev–Trinajstić information content (AvgIpc) is 2.33. The van der Waals surface area contributed by atoms with E-state index in [1.165, 1.54) is 12.1 Å². The van der Waals surface area contributed by atoms with Crippen LogP contribution in [0.15, 0.2) is 12.1 Å². The molecule has 2 N–H and O–H groups in total. The Balaban J connectivity index is 2.44. The summed E-state index contributed by atoms with van der Waals surface area (Å²) >= 11 is 4.77. The minimum absolute atomic E-state index is 0.00257. The monoisotopic (exact) mass is 298 g/mol. The number of benzene rings is 1. The maximum atomic E-state index is 14.3. The molecule has 0 radical (unpaired) electrons. The summed E-state index contributed by atoms with van der Waals surface area (Å²) in [6, 6.07) is 2.54. The summed E-state index contributed by atoms with van der Waals surface area (Å²) < 4.78 is 28.6. The molecule has 1 saturated heterocycles. The Kier molecular flexibility index (Phi) is 4.28. The molecule has 0 bridgehead atoms. The van der Waals surface area contributed by atoms with E-state index < -0.39 is 11.6 Å². The van der Waals surface area contributed by atoms with Crippen molar-refractivity contribution in [1.29, 1.82) is 0 Å². The van der Waals surface area contributed by atoms with E-state index in [0.29, 0.717) is 18.4 Å². The zero-order chi connectivity index (χ0) is 15.0. The van der Waals surface area contributed by atoms with Crippen molar-refractivity contribution in [2.24, 2.45) is 17.6 Å². The molecule has 1 fully saturated rings. The number of nitrogens with zero attached hydrogens (tertiary/aromatic N) is 1. The van der Waals surface area contributed by atoms with Crippen molar-refractivity contribution in [2.75, 3.05) is 11.4 Å². The van der Waals surface area contributed by atoms with Crippen LogP contribution in [0.25, 0.3) is 0 Å². The molecule has 0 spiro atoms. The van der Waals surface area contributed by atoms with E-state index in [0.717, 1.165) is 6.42 Å². The molecule has 1 aromatic carbocycles. The van der Waals surface area contributed by atoms with Gasteiger partial charge in [0.1, 0.15) is 22.3 Å². The normalized spacial score (nSPS) is 26.6. The lowest BCUT2D eigenvalue weighted by Gasteiger charge is -2.42. The first-order chi connectivity index (χ1) is 9.31. The predicted molar refractivity (Wildman–Crippen MR) is 82.0 cm³/mol. The number of hydrogen-bond acceptors (Lipinski definition) is 2. The summed E-state index contributed by atoms with van der Waals surface area (Å²) in [5.74, 6) is -0.384. The molecule has 3 atom stereocenters. The maximum Gasteiger partial charge on any atom is 0.150 e. The lowest BCUT2D eigenvalue weighted by atomic mass is 9.85. The molecule has 2 nitrogen and oxygen atoms in total. The smallest absolute Gasteiger partial charge is 0.150 e. The molecule has 1 aliphatic heterocycles. The van der Waals surface area contributed by atoms with E-state index in [4.69, 9.17) is 18.0 Å². The van der Waals surface area contributed by atoms with Crippen LogP contribution in [0.3, 0.4) is 0 Å². The molecule has 2 rings (SSSR count). The van der Waals surface area contributed by atoms with E-state index in [1.807, 2.05) is 11.8 Å². The first kappa shape index (κ1) is 15.2. The number of piperidine rings is 1. The molecule has 5 heteroatoms. The lowest BCUT2D eigenvalue weighted by molar-refractivity contribution is 0.293. The lowest BCUT2D eigenvalue weighted by Crippen LogP contribution is -2.46. The van der Waals surface area contributed by atoms with Gasteiger partial charge in [0.15, 0.2) is 0 Å². The molecule has 0 amide bonds. The van der Waals surface area contributed by atoms with Gasteiger partial charge in [-0.2, -0.15) is 0 Å². The predicted octanol–water partition coefficient (Wildman–Crippen LogP) is 3.47. The first-order valence-corrected chi connectivity index (χ1v) is 7.27. The Morgan fingerprint density at radius 3 is 2.30 bits per heavy atom. The van der Waals surface area contributed by atoms with Crippen molar-refractivity contribution in [1.82, 2.24) is 0 Å². The van der Waals surface area contributed by atoms with Crippen molar-refractivity contribution in [3.05, 3.63) is 29.3 Å². The zero-order valence-electron chi connectivity index (χ0n) is 12.0. The average molecular weight is 298 g/mol. The third kappa shape index (κ3) is 2.77. The van der Waals surface area contributed by atoms with Gasteiger partial charge in [0.25, 0.3) is 0 Å². The Morgan fingerprint density at radius 2 is 1.80 bits per heavy atom. The molecule has 1 aliphatic rings. The molecular formula is C15H20F2N2S. The zero-order valence-corrected chi connectivity index (χ0v) is 12.8. The summed E-state index contributed by atoms with van der Waals surface area (Å²) in [4.78, 5) is 1.83. The van der Waals surface area contributed by atoms with Crippen LogP contribution < -0.4 is 10.6 Å². The third-order valence-corrected chi connectivity index (χ3v) is 4.42. The Hall–Kier alpha value is -1.23. The minimum Gasteiger partial charge on any atom is -0.389 e. The van der Waals surface area contributed by atoms with Crippen LogP contribution in [0.5, 0.6) is 0 Å². The standard InChI is InChI=1S/C15H20F2N2S/c1-8-4-9(2)10(3)19(7-8)14-12(16)5-11(15(18)20)6-13(14)17/h5-6,8-10H,4,7H2,1-3H3,(H2,18,20). The van der Waals surface area contributed by atoms with Crippen molar-refractivity contribution >= 4 is 22.9 Å². The molecule has 3 unspecified atom stereocenters. The van der Waals surface area contributed by atoms with Crippen LogP contribution in [-0.4, -0.2) is 17.6 Å². The SMILES string of the molecule is CC1CC(C)C(C)N(c2c(F)cc(C(N)=S)cc2F)C1. The van der Waals surface area contributed by atoms with Gasteiger partial charge in [-0.05, 0) is 37.3 Å². The van der Waals surface area contributed by atoms with Crippen LogP contribution in [0.1, 0.15) is 32.8 Å². The van der Waals surface area contributed by atoms with Gasteiger partial charge in [-0.3, -0.25) is 0 Å². The number of anilines is 1. The fraction of sp³-hybridized carbons (Fsp3) is 0.533. The molecule has 1 heterocycles. The summed E-state index contributed by atoms with van der Waals surface area (Å²) in [7, 11) is 0. The Morgan fingerprint density at radius 1 is 1.25 bits per heavy atom. The number of hydrogen-bond donors (Lipinski definition) is 1. The van der Waals surface area contributed by atoms with Crippen molar-refractivity contribution < 1.29 is 8.78 Å². The molecule has 0 saturated carbocycles. The van der Waals surface area contributed by atoms with E-state index in [2.05, 4.69) is 13.8 Å². The summed E-state index contributed by atoms with van der Waals surface area (Å²) in [5.41, 5.74) is 5.70. The molecule has 1 aromatic rings. The number of thiocarbonyl (C=S) groups is 1. The van der Waals surface area contributed by atoms with Crippen molar-refractivity contribution in [2.45, 2.75) is 33.2 Å². The summed E-state index contributed by atoms with van der Waals surface area (Å²) in [6.07, 6.45) is 1.08. The first-order valence-electron chi connectivity index (χ1n) is 6.86. The van der Waals surface area contributed by atoms with Crippen molar-refractivity contribution in [3.63, 3.8) is 0 Å². The van der Waals surface area contributed by atoms with E-state index in [9.17, 15) is 8.78 Å². The topological polar surface area (TPSA) is 29.3 Å². The minimum atomic E-state index is -0.596. The van der Waals surface area contributed by atoms with Crippen LogP contribution in [0.4, 0.5) is 14.5 Å². The highest BCUT2D eigenvalue weighted by Gasteiger charge is 2.32. The molecule has 110 valence electrons. The van der Waals surface area contributed by atoms with Gasteiger partial charge in [0.05, 0.1) is 0 Å². The van der Waals surface area contributed by atoms with E-state index in [-0.39, 0.29) is 22.3 Å². The Bertz CT molecular complexity index is 510. The Labute approximate surface area is 123 Å². The second-order valence-corrected chi connectivity index (χ2v) is 6.30. The summed E-state index contributed by atoms with van der Waals surface area (Å²) in [6.45, 7) is 6.89. The van der Waals surface area contributed by atoms with Crippen LogP contribution >= 0.6 is 12.2 Å². The van der Waals surface area contributed by atoms with Crippen molar-refractivity contribution in [3.8, 4) is 0 Å². The fourth-order valence-corrected chi connectivity index (χ4v) is 3.11. The van der Waals surface area contributed by atoms with Gasteiger partial charge in [0.2, 0.25) is 0 Å².